The third-order valence-electron chi connectivity index (χ3n) is 3.54. The van der Waals surface area contributed by atoms with Crippen molar-refractivity contribution in [3.8, 4) is 11.5 Å². The lowest BCUT2D eigenvalue weighted by Gasteiger charge is -2.30. The fourth-order valence-electron chi connectivity index (χ4n) is 2.67. The molecule has 0 radical (unpaired) electrons. The fourth-order valence-corrected chi connectivity index (χ4v) is 3.93. The Morgan fingerprint density at radius 2 is 2.00 bits per heavy atom. The number of ether oxygens (including phenoxy) is 1. The summed E-state index contributed by atoms with van der Waals surface area (Å²) < 4.78 is 6.80. The summed E-state index contributed by atoms with van der Waals surface area (Å²) in [5.41, 5.74) is 0.151. The van der Waals surface area contributed by atoms with Crippen LogP contribution in [-0.4, -0.2) is 28.2 Å². The number of carbonyl (C=O) groups is 1. The average Bonchev–Trinajstić information content (AvgIpc) is 2.68. The molecular formula is C12H10Br2O4. The standard InChI is InChI=1S/C12H10Br2O4/c13-4-3-5(14)12-9(10(4)16)11(17)8-6(15)1-2-7(8)18-12/h3,6-8,15-16H,1-2H2/t6-,7+,8-/m0/s1. The van der Waals surface area contributed by atoms with Crippen molar-refractivity contribution in [3.63, 3.8) is 0 Å². The van der Waals surface area contributed by atoms with E-state index in [1.54, 1.807) is 6.07 Å². The quantitative estimate of drug-likeness (QED) is 0.729. The van der Waals surface area contributed by atoms with Crippen molar-refractivity contribution < 1.29 is 19.7 Å². The van der Waals surface area contributed by atoms with Gasteiger partial charge in [-0.15, -0.1) is 0 Å². The van der Waals surface area contributed by atoms with Gasteiger partial charge in [0.1, 0.15) is 23.2 Å². The van der Waals surface area contributed by atoms with Gasteiger partial charge >= 0.3 is 0 Å². The number of aliphatic hydroxyl groups is 1. The summed E-state index contributed by atoms with van der Waals surface area (Å²) in [6.45, 7) is 0. The topological polar surface area (TPSA) is 66.8 Å². The molecule has 6 heteroatoms. The second-order valence-electron chi connectivity index (χ2n) is 4.58. The van der Waals surface area contributed by atoms with Crippen LogP contribution in [0.1, 0.15) is 23.2 Å². The number of halogens is 2. The zero-order chi connectivity index (χ0) is 13.0. The normalized spacial score (nSPS) is 29.7. The highest BCUT2D eigenvalue weighted by molar-refractivity contribution is 9.11. The van der Waals surface area contributed by atoms with Gasteiger partial charge < -0.3 is 14.9 Å². The molecule has 0 saturated heterocycles. The summed E-state index contributed by atoms with van der Waals surface area (Å²) in [5.74, 6) is -0.567. The fraction of sp³-hybridized carbons (Fsp3) is 0.417. The van der Waals surface area contributed by atoms with Crippen molar-refractivity contribution in [2.75, 3.05) is 0 Å². The molecule has 3 rings (SSSR count). The van der Waals surface area contributed by atoms with Gasteiger partial charge in [-0.1, -0.05) is 0 Å². The van der Waals surface area contributed by atoms with Crippen LogP contribution in [0.25, 0.3) is 0 Å². The zero-order valence-corrected chi connectivity index (χ0v) is 12.4. The second kappa shape index (κ2) is 4.21. The van der Waals surface area contributed by atoms with E-state index in [0.717, 1.165) is 0 Å². The molecule has 0 bridgehead atoms. The number of carbonyl (C=O) groups excluding carboxylic acids is 1. The van der Waals surface area contributed by atoms with Crippen LogP contribution in [0.3, 0.4) is 0 Å². The van der Waals surface area contributed by atoms with Gasteiger partial charge in [-0.2, -0.15) is 0 Å². The smallest absolute Gasteiger partial charge is 0.179 e. The first kappa shape index (κ1) is 12.4. The summed E-state index contributed by atoms with van der Waals surface area (Å²) in [6, 6.07) is 1.65. The van der Waals surface area contributed by atoms with Gasteiger partial charge in [0.15, 0.2) is 5.78 Å². The van der Waals surface area contributed by atoms with E-state index < -0.39 is 12.0 Å². The lowest BCUT2D eigenvalue weighted by Crippen LogP contribution is -2.38. The summed E-state index contributed by atoms with van der Waals surface area (Å²) in [5, 5.41) is 19.8. The number of fused-ring (bicyclic) bond motifs is 2. The molecule has 3 atom stereocenters. The highest BCUT2D eigenvalue weighted by atomic mass is 79.9. The maximum atomic E-state index is 12.4. The van der Waals surface area contributed by atoms with Gasteiger partial charge in [-0.25, -0.2) is 0 Å². The van der Waals surface area contributed by atoms with Crippen molar-refractivity contribution in [3.05, 3.63) is 20.6 Å². The van der Waals surface area contributed by atoms with Gasteiger partial charge in [0.2, 0.25) is 0 Å². The minimum absolute atomic E-state index is 0.129. The number of hydrogen-bond acceptors (Lipinski definition) is 4. The Morgan fingerprint density at radius 1 is 1.28 bits per heavy atom. The van der Waals surface area contributed by atoms with E-state index in [-0.39, 0.29) is 23.2 Å². The number of phenols is 1. The lowest BCUT2D eigenvalue weighted by atomic mass is 9.89. The second-order valence-corrected chi connectivity index (χ2v) is 6.29. The minimum Gasteiger partial charge on any atom is -0.506 e. The summed E-state index contributed by atoms with van der Waals surface area (Å²) in [6.07, 6.45) is 0.221. The molecule has 0 amide bonds. The minimum atomic E-state index is -0.687. The van der Waals surface area contributed by atoms with E-state index in [2.05, 4.69) is 31.9 Å². The number of aliphatic hydroxyl groups excluding tert-OH is 1. The highest BCUT2D eigenvalue weighted by Gasteiger charge is 2.47. The van der Waals surface area contributed by atoms with E-state index in [4.69, 9.17) is 4.74 Å². The van der Waals surface area contributed by atoms with Crippen LogP contribution in [0.4, 0.5) is 0 Å². The van der Waals surface area contributed by atoms with Crippen LogP contribution in [0.15, 0.2) is 15.0 Å². The number of benzene rings is 1. The molecule has 2 aliphatic rings. The molecule has 1 fully saturated rings. The summed E-state index contributed by atoms with van der Waals surface area (Å²) in [7, 11) is 0. The van der Waals surface area contributed by atoms with E-state index in [0.29, 0.717) is 27.5 Å². The highest BCUT2D eigenvalue weighted by Crippen LogP contribution is 2.48. The van der Waals surface area contributed by atoms with Crippen LogP contribution < -0.4 is 4.74 Å². The first-order chi connectivity index (χ1) is 8.50. The van der Waals surface area contributed by atoms with Crippen molar-refractivity contribution >= 4 is 37.6 Å². The van der Waals surface area contributed by atoms with Gasteiger partial charge in [0.25, 0.3) is 0 Å². The first-order valence-corrected chi connectivity index (χ1v) is 7.19. The van der Waals surface area contributed by atoms with Crippen LogP contribution >= 0.6 is 31.9 Å². The van der Waals surface area contributed by atoms with Crippen LogP contribution in [0.2, 0.25) is 0 Å². The Morgan fingerprint density at radius 3 is 2.72 bits per heavy atom. The first-order valence-electron chi connectivity index (χ1n) is 5.60. The van der Waals surface area contributed by atoms with E-state index in [9.17, 15) is 15.0 Å². The number of ketones is 1. The van der Waals surface area contributed by atoms with Crippen molar-refractivity contribution in [1.82, 2.24) is 0 Å². The third-order valence-corrected chi connectivity index (χ3v) is 4.73. The predicted octanol–water partition coefficient (Wildman–Crippen LogP) is 2.63. The van der Waals surface area contributed by atoms with Gasteiger partial charge in [-0.05, 0) is 50.8 Å². The molecule has 1 aliphatic heterocycles. The molecule has 1 aromatic rings. The van der Waals surface area contributed by atoms with Crippen molar-refractivity contribution in [2.24, 2.45) is 5.92 Å². The predicted molar refractivity (Wildman–Crippen MR) is 71.0 cm³/mol. The molecule has 1 aromatic carbocycles. The molecule has 1 heterocycles. The van der Waals surface area contributed by atoms with Gasteiger partial charge in [0, 0.05) is 0 Å². The summed E-state index contributed by atoms with van der Waals surface area (Å²) >= 11 is 6.52. The Hall–Kier alpha value is -0.590. The summed E-state index contributed by atoms with van der Waals surface area (Å²) in [4.78, 5) is 12.4. The Balaban J connectivity index is 2.19. The van der Waals surface area contributed by atoms with Crippen LogP contribution in [0.5, 0.6) is 11.5 Å². The Bertz CT molecular complexity index is 543. The molecule has 4 nitrogen and oxygen atoms in total. The van der Waals surface area contributed by atoms with Crippen LogP contribution in [-0.2, 0) is 0 Å². The number of hydrogen-bond donors (Lipinski definition) is 2. The number of phenolic OH excluding ortho intramolecular Hbond substituents is 1. The maximum absolute atomic E-state index is 12.4. The van der Waals surface area contributed by atoms with Gasteiger partial charge in [0.05, 0.1) is 21.0 Å². The monoisotopic (exact) mass is 376 g/mol. The lowest BCUT2D eigenvalue weighted by molar-refractivity contribution is 0.0472. The number of Topliss-reactive ketones (excluding diaryl/α,β-unsaturated/α-hetero) is 1. The largest absolute Gasteiger partial charge is 0.506 e. The van der Waals surface area contributed by atoms with E-state index >= 15 is 0 Å². The van der Waals surface area contributed by atoms with Gasteiger partial charge in [-0.3, -0.25) is 4.79 Å². The number of rotatable bonds is 0. The van der Waals surface area contributed by atoms with Crippen molar-refractivity contribution in [1.29, 1.82) is 0 Å². The molecule has 18 heavy (non-hydrogen) atoms. The molecule has 1 aliphatic carbocycles. The van der Waals surface area contributed by atoms with E-state index in [1.807, 2.05) is 0 Å². The third kappa shape index (κ3) is 1.62. The molecule has 0 spiro atoms. The molecule has 96 valence electrons. The maximum Gasteiger partial charge on any atom is 0.179 e. The van der Waals surface area contributed by atoms with Crippen molar-refractivity contribution in [2.45, 2.75) is 25.0 Å². The Labute approximate surface area is 120 Å². The zero-order valence-electron chi connectivity index (χ0n) is 9.19. The Kier molecular flexibility index (Phi) is 2.91. The molecule has 1 saturated carbocycles. The SMILES string of the molecule is O=C1c2c(O)c(Br)cc(Br)c2O[C@@H]2CC[C@H](O)[C@H]12. The molecule has 2 N–H and O–H groups in total. The molecule has 0 aromatic heterocycles. The van der Waals surface area contributed by atoms with Crippen LogP contribution in [0, 0.1) is 5.92 Å². The number of aromatic hydroxyl groups is 1. The van der Waals surface area contributed by atoms with E-state index in [1.165, 1.54) is 0 Å². The molecule has 0 unspecified atom stereocenters. The average molecular weight is 378 g/mol. The molecular weight excluding hydrogens is 368 g/mol.